The lowest BCUT2D eigenvalue weighted by Gasteiger charge is -2.33. The van der Waals surface area contributed by atoms with E-state index in [2.05, 4.69) is 40.0 Å². The molecule has 2 aromatic rings. The van der Waals surface area contributed by atoms with E-state index in [1.165, 1.54) is 12.7 Å². The molecular weight excluding hydrogens is 354 g/mol. The molecule has 1 saturated heterocycles. The van der Waals surface area contributed by atoms with Gasteiger partial charge < -0.3 is 19.5 Å². The van der Waals surface area contributed by atoms with Crippen molar-refractivity contribution in [2.45, 2.75) is 25.4 Å². The number of hydrogen-bond donors (Lipinski definition) is 1. The zero-order chi connectivity index (χ0) is 19.8. The average molecular weight is 383 g/mol. The van der Waals surface area contributed by atoms with E-state index in [4.69, 9.17) is 4.74 Å². The Morgan fingerprint density at radius 1 is 1.11 bits per heavy atom. The highest BCUT2D eigenvalue weighted by molar-refractivity contribution is 5.89. The summed E-state index contributed by atoms with van der Waals surface area (Å²) in [5, 5.41) is 10.3. The first kappa shape index (κ1) is 20.4. The summed E-state index contributed by atoms with van der Waals surface area (Å²) in [6.45, 7) is 2.89. The normalized spacial score (nSPS) is 16.5. The number of hydrogen-bond acceptors (Lipinski definition) is 5. The smallest absolute Gasteiger partial charge is 0.337 e. The molecule has 1 fully saturated rings. The van der Waals surface area contributed by atoms with Gasteiger partial charge in [-0.15, -0.1) is 0 Å². The highest BCUT2D eigenvalue weighted by atomic mass is 16.5. The second-order valence-electron chi connectivity index (χ2n) is 7.41. The predicted octanol–water partition coefficient (Wildman–Crippen LogP) is 3.17. The molecule has 0 aliphatic carbocycles. The molecule has 1 aliphatic heterocycles. The van der Waals surface area contributed by atoms with Crippen LogP contribution in [0.15, 0.2) is 54.6 Å². The van der Waals surface area contributed by atoms with E-state index in [0.29, 0.717) is 17.9 Å². The number of nitrogens with zero attached hydrogens (tertiary/aromatic N) is 1. The Bertz CT molecular complexity index is 724. The van der Waals surface area contributed by atoms with Crippen molar-refractivity contribution in [3.8, 4) is 5.75 Å². The van der Waals surface area contributed by atoms with E-state index >= 15 is 0 Å². The van der Waals surface area contributed by atoms with Gasteiger partial charge in [0.1, 0.15) is 18.5 Å². The van der Waals surface area contributed by atoms with Crippen molar-refractivity contribution >= 4 is 5.97 Å². The number of aliphatic hydroxyl groups is 1. The van der Waals surface area contributed by atoms with Crippen LogP contribution in [0.1, 0.15) is 28.8 Å². The van der Waals surface area contributed by atoms with Gasteiger partial charge in [0.15, 0.2) is 0 Å². The van der Waals surface area contributed by atoms with Crippen LogP contribution >= 0.6 is 0 Å². The summed E-state index contributed by atoms with van der Waals surface area (Å²) >= 11 is 0. The molecular formula is C23H29NO4. The van der Waals surface area contributed by atoms with Gasteiger partial charge in [-0.2, -0.15) is 0 Å². The molecule has 5 nitrogen and oxygen atoms in total. The second-order valence-corrected chi connectivity index (χ2v) is 7.41. The Hall–Kier alpha value is -2.37. The monoisotopic (exact) mass is 383 g/mol. The highest BCUT2D eigenvalue weighted by Crippen LogP contribution is 2.22. The van der Waals surface area contributed by atoms with Gasteiger partial charge in [-0.05, 0) is 68.1 Å². The van der Waals surface area contributed by atoms with Crippen molar-refractivity contribution in [3.63, 3.8) is 0 Å². The number of methoxy groups -OCH3 is 1. The Balaban J connectivity index is 1.36. The minimum absolute atomic E-state index is 0.238. The molecule has 1 heterocycles. The third-order valence-electron chi connectivity index (χ3n) is 5.26. The number of piperidine rings is 1. The minimum atomic E-state index is -0.536. The number of likely N-dealkylation sites (tertiary alicyclic amines) is 1. The molecule has 0 aromatic heterocycles. The van der Waals surface area contributed by atoms with Crippen LogP contribution in [0.5, 0.6) is 5.75 Å². The topological polar surface area (TPSA) is 59.0 Å². The summed E-state index contributed by atoms with van der Waals surface area (Å²) in [7, 11) is 1.35. The zero-order valence-corrected chi connectivity index (χ0v) is 16.4. The standard InChI is InChI=1S/C23H29NO4/c1-27-23(26)20-7-9-22(10-8-20)28-17-21(25)16-24-13-11-19(12-14-24)15-18-5-3-2-4-6-18/h2-10,19,21,25H,11-17H2,1H3/t21-/m1/s1. The molecule has 1 atom stereocenters. The number of benzene rings is 2. The van der Waals surface area contributed by atoms with Gasteiger partial charge in [0.05, 0.1) is 12.7 Å². The Labute approximate surface area is 166 Å². The summed E-state index contributed by atoms with van der Waals surface area (Å²) in [6.07, 6.45) is 2.93. The minimum Gasteiger partial charge on any atom is -0.491 e. The second kappa shape index (κ2) is 10.2. The number of carbonyl (C=O) groups excluding carboxylic acids is 1. The third-order valence-corrected chi connectivity index (χ3v) is 5.26. The summed E-state index contributed by atoms with van der Waals surface area (Å²) in [6, 6.07) is 17.4. The fourth-order valence-electron chi connectivity index (χ4n) is 3.67. The highest BCUT2D eigenvalue weighted by Gasteiger charge is 2.21. The molecule has 0 saturated carbocycles. The van der Waals surface area contributed by atoms with Crippen LogP contribution in [0.2, 0.25) is 0 Å². The molecule has 1 N–H and O–H groups in total. The summed E-state index contributed by atoms with van der Waals surface area (Å²) in [5.74, 6) is 0.982. The van der Waals surface area contributed by atoms with Gasteiger partial charge in [-0.3, -0.25) is 0 Å². The summed E-state index contributed by atoms with van der Waals surface area (Å²) < 4.78 is 10.3. The van der Waals surface area contributed by atoms with Crippen LogP contribution in [-0.4, -0.2) is 55.4 Å². The van der Waals surface area contributed by atoms with E-state index in [1.807, 2.05) is 0 Å². The molecule has 0 radical (unpaired) electrons. The number of aliphatic hydroxyl groups excluding tert-OH is 1. The van der Waals surface area contributed by atoms with Crippen LogP contribution in [-0.2, 0) is 11.2 Å². The molecule has 1 aliphatic rings. The van der Waals surface area contributed by atoms with Gasteiger partial charge in [0, 0.05) is 6.54 Å². The van der Waals surface area contributed by atoms with Gasteiger partial charge in [-0.25, -0.2) is 4.79 Å². The average Bonchev–Trinajstić information content (AvgIpc) is 2.74. The third kappa shape index (κ3) is 6.08. The molecule has 150 valence electrons. The molecule has 0 amide bonds. The fourth-order valence-corrected chi connectivity index (χ4v) is 3.67. The van der Waals surface area contributed by atoms with Crippen molar-refractivity contribution in [1.82, 2.24) is 4.90 Å². The van der Waals surface area contributed by atoms with E-state index < -0.39 is 6.10 Å². The molecule has 28 heavy (non-hydrogen) atoms. The van der Waals surface area contributed by atoms with Gasteiger partial charge in [-0.1, -0.05) is 30.3 Å². The van der Waals surface area contributed by atoms with Crippen molar-refractivity contribution < 1.29 is 19.4 Å². The van der Waals surface area contributed by atoms with E-state index in [0.717, 1.165) is 38.3 Å². The van der Waals surface area contributed by atoms with Crippen molar-refractivity contribution in [1.29, 1.82) is 0 Å². The Morgan fingerprint density at radius 2 is 1.79 bits per heavy atom. The van der Waals surface area contributed by atoms with Gasteiger partial charge in [0.2, 0.25) is 0 Å². The van der Waals surface area contributed by atoms with Crippen LogP contribution in [0, 0.1) is 5.92 Å². The first-order valence-corrected chi connectivity index (χ1v) is 9.89. The van der Waals surface area contributed by atoms with E-state index in [-0.39, 0.29) is 12.6 Å². The van der Waals surface area contributed by atoms with Crippen molar-refractivity contribution in [3.05, 3.63) is 65.7 Å². The van der Waals surface area contributed by atoms with Crippen LogP contribution < -0.4 is 4.74 Å². The Kier molecular flexibility index (Phi) is 7.46. The van der Waals surface area contributed by atoms with Crippen LogP contribution in [0.4, 0.5) is 0 Å². The molecule has 5 heteroatoms. The maximum Gasteiger partial charge on any atom is 0.337 e. The summed E-state index contributed by atoms with van der Waals surface area (Å²) in [4.78, 5) is 13.7. The maximum atomic E-state index is 11.4. The van der Waals surface area contributed by atoms with E-state index in [1.54, 1.807) is 24.3 Å². The molecule has 2 aromatic carbocycles. The van der Waals surface area contributed by atoms with Crippen molar-refractivity contribution in [2.24, 2.45) is 5.92 Å². The quantitative estimate of drug-likeness (QED) is 0.710. The zero-order valence-electron chi connectivity index (χ0n) is 16.4. The number of ether oxygens (including phenoxy) is 2. The SMILES string of the molecule is COC(=O)c1ccc(OC[C@H](O)CN2CCC(Cc3ccccc3)CC2)cc1. The van der Waals surface area contributed by atoms with E-state index in [9.17, 15) is 9.90 Å². The Morgan fingerprint density at radius 3 is 2.43 bits per heavy atom. The van der Waals surface area contributed by atoms with Gasteiger partial charge >= 0.3 is 5.97 Å². The molecule has 3 rings (SSSR count). The summed E-state index contributed by atoms with van der Waals surface area (Å²) in [5.41, 5.74) is 1.89. The lowest BCUT2D eigenvalue weighted by atomic mass is 9.90. The number of β-amino-alcohol motifs (C(OH)–C–C–N with tert-alkyl or cyclic N) is 1. The number of esters is 1. The first-order valence-electron chi connectivity index (χ1n) is 9.89. The molecule has 0 bridgehead atoms. The predicted molar refractivity (Wildman–Crippen MR) is 109 cm³/mol. The largest absolute Gasteiger partial charge is 0.491 e. The van der Waals surface area contributed by atoms with Gasteiger partial charge in [0.25, 0.3) is 0 Å². The lowest BCUT2D eigenvalue weighted by molar-refractivity contribution is 0.0549. The van der Waals surface area contributed by atoms with Crippen LogP contribution in [0.25, 0.3) is 0 Å². The van der Waals surface area contributed by atoms with Crippen molar-refractivity contribution in [2.75, 3.05) is 33.4 Å². The first-order chi connectivity index (χ1) is 13.6. The molecule has 0 unspecified atom stereocenters. The lowest BCUT2D eigenvalue weighted by Crippen LogP contribution is -2.41. The number of rotatable bonds is 8. The number of carbonyl (C=O) groups is 1. The maximum absolute atomic E-state index is 11.4. The fraction of sp³-hybridized carbons (Fsp3) is 0.435. The molecule has 0 spiro atoms. The van der Waals surface area contributed by atoms with Crippen LogP contribution in [0.3, 0.4) is 0 Å².